The Kier molecular flexibility index (Phi) is 6.73. The number of hydrogen-bond acceptors (Lipinski definition) is 5. The lowest BCUT2D eigenvalue weighted by Crippen LogP contribution is -2.27. The van der Waals surface area contributed by atoms with Gasteiger partial charge in [0.2, 0.25) is 0 Å². The van der Waals surface area contributed by atoms with Gasteiger partial charge in [-0.05, 0) is 35.9 Å². The van der Waals surface area contributed by atoms with E-state index in [9.17, 15) is 18.4 Å². The second-order valence-corrected chi connectivity index (χ2v) is 7.73. The highest BCUT2D eigenvalue weighted by Crippen LogP contribution is 2.23. The first kappa shape index (κ1) is 21.4. The van der Waals surface area contributed by atoms with E-state index < -0.39 is 11.6 Å². The molecule has 3 rings (SSSR count). The first-order valence-corrected chi connectivity index (χ1v) is 9.76. The second-order valence-electron chi connectivity index (χ2n) is 6.62. The van der Waals surface area contributed by atoms with Crippen molar-refractivity contribution in [3.63, 3.8) is 0 Å². The monoisotopic (exact) mass is 431 g/mol. The molecule has 1 N–H and O–H groups in total. The zero-order valence-electron chi connectivity index (χ0n) is 16.3. The molecule has 0 unspecified atom stereocenters. The molecule has 0 saturated heterocycles. The van der Waals surface area contributed by atoms with Gasteiger partial charge < -0.3 is 9.64 Å². The smallest absolute Gasteiger partial charge is 0.259 e. The Labute approximate surface area is 176 Å². The molecule has 3 aromatic rings. The van der Waals surface area contributed by atoms with Crippen LogP contribution in [0.5, 0.6) is 5.75 Å². The summed E-state index contributed by atoms with van der Waals surface area (Å²) in [5.74, 6) is -1.97. The molecule has 0 radical (unpaired) electrons. The van der Waals surface area contributed by atoms with Crippen LogP contribution in [-0.4, -0.2) is 42.4 Å². The predicted molar refractivity (Wildman–Crippen MR) is 110 cm³/mol. The van der Waals surface area contributed by atoms with Crippen LogP contribution in [0.2, 0.25) is 0 Å². The number of aromatic nitrogens is 1. The minimum absolute atomic E-state index is 0.127. The van der Waals surface area contributed by atoms with Crippen molar-refractivity contribution in [2.45, 2.75) is 6.42 Å². The third-order valence-electron chi connectivity index (χ3n) is 4.09. The number of benzene rings is 2. The lowest BCUT2D eigenvalue weighted by atomic mass is 10.1. The van der Waals surface area contributed by atoms with E-state index >= 15 is 0 Å². The third kappa shape index (κ3) is 5.60. The van der Waals surface area contributed by atoms with E-state index in [4.69, 9.17) is 4.74 Å². The van der Waals surface area contributed by atoms with Gasteiger partial charge in [0.15, 0.2) is 23.4 Å². The molecule has 6 nitrogen and oxygen atoms in total. The van der Waals surface area contributed by atoms with E-state index in [2.05, 4.69) is 10.3 Å². The van der Waals surface area contributed by atoms with Crippen LogP contribution < -0.4 is 10.1 Å². The molecule has 9 heteroatoms. The molecule has 0 aliphatic rings. The van der Waals surface area contributed by atoms with E-state index in [1.54, 1.807) is 38.5 Å². The van der Waals surface area contributed by atoms with Gasteiger partial charge in [0, 0.05) is 37.2 Å². The van der Waals surface area contributed by atoms with Crippen LogP contribution in [-0.2, 0) is 11.2 Å². The minimum atomic E-state index is -0.903. The molecule has 1 aromatic heterocycles. The molecule has 0 aliphatic heterocycles. The average Bonchev–Trinajstić information content (AvgIpc) is 3.15. The number of amides is 2. The highest BCUT2D eigenvalue weighted by molar-refractivity contribution is 7.15. The highest BCUT2D eigenvalue weighted by Gasteiger charge is 2.12. The largest absolute Gasteiger partial charge is 0.484 e. The van der Waals surface area contributed by atoms with Crippen LogP contribution in [0, 0.1) is 11.6 Å². The number of nitrogens with zero attached hydrogens (tertiary/aromatic N) is 2. The number of halogens is 2. The maximum atomic E-state index is 13.3. The lowest BCUT2D eigenvalue weighted by Gasteiger charge is -2.11. The zero-order chi connectivity index (χ0) is 21.7. The molecule has 30 heavy (non-hydrogen) atoms. The minimum Gasteiger partial charge on any atom is -0.484 e. The molecule has 156 valence electrons. The van der Waals surface area contributed by atoms with Gasteiger partial charge in [-0.3, -0.25) is 14.9 Å². The van der Waals surface area contributed by atoms with Gasteiger partial charge in [-0.2, -0.15) is 0 Å². The molecule has 0 saturated carbocycles. The lowest BCUT2D eigenvalue weighted by molar-refractivity contribution is -0.130. The fourth-order valence-electron chi connectivity index (χ4n) is 2.47. The van der Waals surface area contributed by atoms with Crippen molar-refractivity contribution in [1.29, 1.82) is 0 Å². The summed E-state index contributed by atoms with van der Waals surface area (Å²) in [7, 11) is 3.26. The molecule has 0 bridgehead atoms. The van der Waals surface area contributed by atoms with Crippen LogP contribution in [0.3, 0.4) is 0 Å². The number of carbonyl (C=O) groups excluding carboxylic acids is 2. The maximum absolute atomic E-state index is 13.3. The van der Waals surface area contributed by atoms with E-state index in [0.717, 1.165) is 17.0 Å². The topological polar surface area (TPSA) is 71.5 Å². The Balaban J connectivity index is 1.61. The van der Waals surface area contributed by atoms with Crippen molar-refractivity contribution in [2.24, 2.45) is 0 Å². The van der Waals surface area contributed by atoms with Crippen LogP contribution in [0.25, 0.3) is 0 Å². The molecular weight excluding hydrogens is 412 g/mol. The summed E-state index contributed by atoms with van der Waals surface area (Å²) in [6.45, 7) is -0.127. The van der Waals surface area contributed by atoms with Crippen LogP contribution in [0.1, 0.15) is 20.8 Å². The van der Waals surface area contributed by atoms with Gasteiger partial charge >= 0.3 is 0 Å². The van der Waals surface area contributed by atoms with E-state index in [0.29, 0.717) is 28.4 Å². The van der Waals surface area contributed by atoms with Gasteiger partial charge in [0.1, 0.15) is 5.75 Å². The molecule has 2 aromatic carbocycles. The first-order chi connectivity index (χ1) is 14.3. The Morgan fingerprint density at radius 3 is 2.67 bits per heavy atom. The number of anilines is 1. The van der Waals surface area contributed by atoms with Gasteiger partial charge in [-0.15, -0.1) is 11.3 Å². The van der Waals surface area contributed by atoms with Gasteiger partial charge in [-0.25, -0.2) is 13.8 Å². The standard InChI is InChI=1S/C21H19F2N3O3S/c1-26(2)19(27)12-29-15-5-3-4-14(10-15)20(28)25-21-24-11-16(30-21)8-13-6-7-17(22)18(23)9-13/h3-7,9-11H,8,12H2,1-2H3,(H,24,25,28). The van der Waals surface area contributed by atoms with E-state index in [1.165, 1.54) is 28.4 Å². The highest BCUT2D eigenvalue weighted by atomic mass is 32.1. The van der Waals surface area contributed by atoms with Crippen molar-refractivity contribution in [3.05, 3.63) is 76.3 Å². The fourth-order valence-corrected chi connectivity index (χ4v) is 3.31. The molecule has 0 aliphatic carbocycles. The van der Waals surface area contributed by atoms with Gasteiger partial charge in [0.05, 0.1) is 0 Å². The summed E-state index contributed by atoms with van der Waals surface area (Å²) in [4.78, 5) is 30.5. The Morgan fingerprint density at radius 1 is 1.13 bits per heavy atom. The normalized spacial score (nSPS) is 10.5. The fraction of sp³-hybridized carbons (Fsp3) is 0.190. The summed E-state index contributed by atoms with van der Waals surface area (Å²) in [5.41, 5.74) is 0.953. The number of carbonyl (C=O) groups is 2. The quantitative estimate of drug-likeness (QED) is 0.619. The number of hydrogen-bond donors (Lipinski definition) is 1. The molecule has 1 heterocycles. The molecule has 0 spiro atoms. The maximum Gasteiger partial charge on any atom is 0.259 e. The first-order valence-electron chi connectivity index (χ1n) is 8.95. The van der Waals surface area contributed by atoms with Crippen LogP contribution in [0.15, 0.2) is 48.7 Å². The molecule has 0 fully saturated rings. The number of nitrogens with one attached hydrogen (secondary N) is 1. The number of ether oxygens (including phenoxy) is 1. The van der Waals surface area contributed by atoms with Crippen molar-refractivity contribution in [1.82, 2.24) is 9.88 Å². The van der Waals surface area contributed by atoms with Gasteiger partial charge in [0.25, 0.3) is 11.8 Å². The molecule has 0 atom stereocenters. The predicted octanol–water partition coefficient (Wildman–Crippen LogP) is 3.73. The summed E-state index contributed by atoms with van der Waals surface area (Å²) in [5, 5.41) is 3.08. The molecule has 2 amide bonds. The number of likely N-dealkylation sites (N-methyl/N-ethyl adjacent to an activating group) is 1. The zero-order valence-corrected chi connectivity index (χ0v) is 17.1. The summed E-state index contributed by atoms with van der Waals surface area (Å²) < 4.78 is 31.8. The van der Waals surface area contributed by atoms with Gasteiger partial charge in [-0.1, -0.05) is 12.1 Å². The van der Waals surface area contributed by atoms with Crippen molar-refractivity contribution in [3.8, 4) is 5.75 Å². The summed E-state index contributed by atoms with van der Waals surface area (Å²) in [6.07, 6.45) is 1.95. The summed E-state index contributed by atoms with van der Waals surface area (Å²) in [6, 6.07) is 10.2. The molecular formula is C21H19F2N3O3S. The van der Waals surface area contributed by atoms with Crippen molar-refractivity contribution >= 4 is 28.3 Å². The number of rotatable bonds is 7. The summed E-state index contributed by atoms with van der Waals surface area (Å²) >= 11 is 1.24. The van der Waals surface area contributed by atoms with E-state index in [1.807, 2.05) is 0 Å². The Bertz CT molecular complexity index is 1070. The SMILES string of the molecule is CN(C)C(=O)COc1cccc(C(=O)Nc2ncc(Cc3ccc(F)c(F)c3)s2)c1. The van der Waals surface area contributed by atoms with Crippen LogP contribution in [0.4, 0.5) is 13.9 Å². The Hall–Kier alpha value is -3.33. The van der Waals surface area contributed by atoms with Crippen molar-refractivity contribution < 1.29 is 23.1 Å². The number of thiazole rings is 1. The second kappa shape index (κ2) is 9.45. The Morgan fingerprint density at radius 2 is 1.93 bits per heavy atom. The van der Waals surface area contributed by atoms with E-state index in [-0.39, 0.29) is 18.4 Å². The third-order valence-corrected chi connectivity index (χ3v) is 5.01. The average molecular weight is 431 g/mol. The van der Waals surface area contributed by atoms with Crippen LogP contribution >= 0.6 is 11.3 Å². The van der Waals surface area contributed by atoms with Crippen molar-refractivity contribution in [2.75, 3.05) is 26.0 Å².